The number of carbonyl (C=O) groups excluding carboxylic acids is 2. The second kappa shape index (κ2) is 7.35. The molecule has 2 N–H and O–H groups in total. The lowest BCUT2D eigenvalue weighted by atomic mass is 9.95. The topological polar surface area (TPSA) is 89.2 Å². The fraction of sp³-hybridized carbons (Fsp3) is 0.526. The van der Waals surface area contributed by atoms with Crippen molar-refractivity contribution in [2.45, 2.75) is 57.7 Å². The lowest BCUT2D eigenvalue weighted by molar-refractivity contribution is -0.126. The second-order valence-corrected chi connectivity index (χ2v) is 7.18. The number of aromatic nitrogens is 2. The molecule has 26 heavy (non-hydrogen) atoms. The van der Waals surface area contributed by atoms with Crippen molar-refractivity contribution in [3.8, 4) is 0 Å². The van der Waals surface area contributed by atoms with E-state index in [-0.39, 0.29) is 17.7 Å². The molecule has 1 aliphatic heterocycles. The minimum Gasteiger partial charge on any atom is -0.467 e. The summed E-state index contributed by atoms with van der Waals surface area (Å²) in [6.07, 6.45) is 9.29. The fourth-order valence-corrected chi connectivity index (χ4v) is 3.92. The minimum absolute atomic E-state index is 0.0451. The van der Waals surface area contributed by atoms with E-state index in [1.54, 1.807) is 18.7 Å². The third kappa shape index (κ3) is 3.52. The second-order valence-electron chi connectivity index (χ2n) is 7.18. The van der Waals surface area contributed by atoms with Crippen LogP contribution >= 0.6 is 0 Å². The van der Waals surface area contributed by atoms with E-state index in [0.29, 0.717) is 37.0 Å². The average molecular weight is 356 g/mol. The van der Waals surface area contributed by atoms with Crippen molar-refractivity contribution in [2.24, 2.45) is 5.92 Å². The van der Waals surface area contributed by atoms with Crippen molar-refractivity contribution < 1.29 is 14.0 Å². The van der Waals surface area contributed by atoms with E-state index in [9.17, 15) is 9.59 Å². The van der Waals surface area contributed by atoms with Crippen LogP contribution in [0.1, 0.15) is 54.0 Å². The third-order valence-electron chi connectivity index (χ3n) is 5.38. The number of imidazole rings is 1. The van der Waals surface area contributed by atoms with Crippen LogP contribution in [0.15, 0.2) is 29.1 Å². The smallest absolute Gasteiger partial charge is 0.272 e. The Morgan fingerprint density at radius 2 is 2.12 bits per heavy atom. The summed E-state index contributed by atoms with van der Waals surface area (Å²) in [5.41, 5.74) is 1.36. The molecule has 2 aliphatic rings. The summed E-state index contributed by atoms with van der Waals surface area (Å²) in [4.78, 5) is 29.2. The van der Waals surface area contributed by atoms with Crippen LogP contribution < -0.4 is 10.6 Å². The maximum Gasteiger partial charge on any atom is 0.272 e. The standard InChI is InChI=1S/C19H24N4O3/c24-18(22-14-4-1-2-5-14)13-7-8-16-17(21-12-23(16)11-13)19(25)20-10-15-6-3-9-26-15/h3,6,9,12-14H,1-2,4-5,7-8,10-11H2,(H,20,25)(H,22,24). The molecule has 0 bridgehead atoms. The highest BCUT2D eigenvalue weighted by molar-refractivity contribution is 5.93. The zero-order valence-corrected chi connectivity index (χ0v) is 14.7. The summed E-state index contributed by atoms with van der Waals surface area (Å²) in [5, 5.41) is 6.01. The highest BCUT2D eigenvalue weighted by Gasteiger charge is 2.30. The number of furan rings is 1. The number of hydrogen-bond acceptors (Lipinski definition) is 4. The van der Waals surface area contributed by atoms with Gasteiger partial charge in [-0.1, -0.05) is 12.8 Å². The number of amides is 2. The Hall–Kier alpha value is -2.57. The molecule has 1 fully saturated rings. The Bertz CT molecular complexity index is 775. The van der Waals surface area contributed by atoms with Gasteiger partial charge in [-0.3, -0.25) is 9.59 Å². The minimum atomic E-state index is -0.205. The molecule has 1 atom stereocenters. The van der Waals surface area contributed by atoms with Crippen LogP contribution in [0.5, 0.6) is 0 Å². The van der Waals surface area contributed by atoms with Crippen LogP contribution in [-0.4, -0.2) is 27.4 Å². The van der Waals surface area contributed by atoms with Gasteiger partial charge in [-0.2, -0.15) is 0 Å². The molecule has 0 spiro atoms. The van der Waals surface area contributed by atoms with E-state index in [2.05, 4.69) is 15.6 Å². The molecule has 2 amide bonds. The van der Waals surface area contributed by atoms with Gasteiger partial charge in [0.05, 0.1) is 30.7 Å². The molecule has 7 heteroatoms. The predicted octanol–water partition coefficient (Wildman–Crippen LogP) is 2.03. The Balaban J connectivity index is 1.36. The van der Waals surface area contributed by atoms with Gasteiger partial charge in [-0.25, -0.2) is 4.98 Å². The van der Waals surface area contributed by atoms with Crippen molar-refractivity contribution >= 4 is 11.8 Å². The first-order chi connectivity index (χ1) is 12.7. The molecular weight excluding hydrogens is 332 g/mol. The Kier molecular flexibility index (Phi) is 4.77. The average Bonchev–Trinajstić information content (AvgIpc) is 3.40. The number of fused-ring (bicyclic) bond motifs is 1. The van der Waals surface area contributed by atoms with Gasteiger partial charge in [0.15, 0.2) is 0 Å². The van der Waals surface area contributed by atoms with Gasteiger partial charge < -0.3 is 19.6 Å². The van der Waals surface area contributed by atoms with Crippen LogP contribution in [0.25, 0.3) is 0 Å². The van der Waals surface area contributed by atoms with Gasteiger partial charge in [-0.15, -0.1) is 0 Å². The van der Waals surface area contributed by atoms with E-state index in [4.69, 9.17) is 4.42 Å². The summed E-state index contributed by atoms with van der Waals surface area (Å²) in [5.74, 6) is 0.593. The van der Waals surface area contributed by atoms with E-state index >= 15 is 0 Å². The number of nitrogens with zero attached hydrogens (tertiary/aromatic N) is 2. The van der Waals surface area contributed by atoms with Crippen LogP contribution in [0.3, 0.4) is 0 Å². The van der Waals surface area contributed by atoms with E-state index < -0.39 is 0 Å². The zero-order valence-electron chi connectivity index (χ0n) is 14.7. The molecular formula is C19H24N4O3. The van der Waals surface area contributed by atoms with Crippen molar-refractivity contribution in [3.63, 3.8) is 0 Å². The summed E-state index contributed by atoms with van der Waals surface area (Å²) >= 11 is 0. The Labute approximate surface area is 152 Å². The molecule has 1 unspecified atom stereocenters. The number of nitrogens with one attached hydrogen (secondary N) is 2. The summed E-state index contributed by atoms with van der Waals surface area (Å²) in [6, 6.07) is 3.95. The maximum absolute atomic E-state index is 12.5. The maximum atomic E-state index is 12.5. The summed E-state index contributed by atoms with van der Waals surface area (Å²) in [7, 11) is 0. The van der Waals surface area contributed by atoms with Gasteiger partial charge in [0.25, 0.3) is 5.91 Å². The molecule has 3 heterocycles. The molecule has 1 aliphatic carbocycles. The van der Waals surface area contributed by atoms with E-state index in [1.807, 2.05) is 10.6 Å². The fourth-order valence-electron chi connectivity index (χ4n) is 3.92. The highest BCUT2D eigenvalue weighted by Crippen LogP contribution is 2.24. The van der Waals surface area contributed by atoms with E-state index in [0.717, 1.165) is 25.0 Å². The number of rotatable bonds is 5. The summed E-state index contributed by atoms with van der Waals surface area (Å²) in [6.45, 7) is 0.927. The van der Waals surface area contributed by atoms with E-state index in [1.165, 1.54) is 12.8 Å². The quantitative estimate of drug-likeness (QED) is 0.858. The first-order valence-corrected chi connectivity index (χ1v) is 9.35. The van der Waals surface area contributed by atoms with Crippen LogP contribution in [-0.2, 0) is 24.3 Å². The van der Waals surface area contributed by atoms with Crippen LogP contribution in [0.4, 0.5) is 0 Å². The molecule has 7 nitrogen and oxygen atoms in total. The normalized spacial score (nSPS) is 19.9. The zero-order chi connectivity index (χ0) is 17.9. The van der Waals surface area contributed by atoms with Gasteiger partial charge >= 0.3 is 0 Å². The lowest BCUT2D eigenvalue weighted by Crippen LogP contribution is -2.40. The highest BCUT2D eigenvalue weighted by atomic mass is 16.3. The molecule has 0 radical (unpaired) electrons. The molecule has 4 rings (SSSR count). The number of hydrogen-bond donors (Lipinski definition) is 2. The molecule has 2 aromatic heterocycles. The van der Waals surface area contributed by atoms with Gasteiger partial charge in [0.2, 0.25) is 5.91 Å². The molecule has 0 saturated heterocycles. The number of carbonyl (C=O) groups is 2. The molecule has 0 aromatic carbocycles. The van der Waals surface area contributed by atoms with Crippen molar-refractivity contribution in [2.75, 3.05) is 0 Å². The first-order valence-electron chi connectivity index (χ1n) is 9.35. The third-order valence-corrected chi connectivity index (χ3v) is 5.38. The van der Waals surface area contributed by atoms with Crippen molar-refractivity contribution in [3.05, 3.63) is 41.9 Å². The molecule has 2 aromatic rings. The Morgan fingerprint density at radius 3 is 2.88 bits per heavy atom. The van der Waals surface area contributed by atoms with Gasteiger partial charge in [0.1, 0.15) is 11.5 Å². The SMILES string of the molecule is O=C(NCc1ccco1)c1ncn2c1CCC(C(=O)NC1CCCC1)C2. The van der Waals surface area contributed by atoms with Gasteiger partial charge in [0, 0.05) is 12.6 Å². The largest absolute Gasteiger partial charge is 0.467 e. The Morgan fingerprint density at radius 1 is 1.27 bits per heavy atom. The van der Waals surface area contributed by atoms with Gasteiger partial charge in [-0.05, 0) is 37.8 Å². The molecule has 1 saturated carbocycles. The summed E-state index contributed by atoms with van der Waals surface area (Å²) < 4.78 is 7.17. The van der Waals surface area contributed by atoms with Crippen molar-refractivity contribution in [1.29, 1.82) is 0 Å². The van der Waals surface area contributed by atoms with Crippen molar-refractivity contribution in [1.82, 2.24) is 20.2 Å². The first kappa shape index (κ1) is 16.9. The molecule has 138 valence electrons. The predicted molar refractivity (Wildman–Crippen MR) is 94.3 cm³/mol. The van der Waals surface area contributed by atoms with Crippen LogP contribution in [0.2, 0.25) is 0 Å². The lowest BCUT2D eigenvalue weighted by Gasteiger charge is -2.25. The monoisotopic (exact) mass is 356 g/mol. The van der Waals surface area contributed by atoms with Crippen LogP contribution in [0, 0.1) is 5.92 Å².